The van der Waals surface area contributed by atoms with Gasteiger partial charge in [0, 0.05) is 54.9 Å². The highest BCUT2D eigenvalue weighted by Gasteiger charge is 2.22. The first-order chi connectivity index (χ1) is 28.3. The summed E-state index contributed by atoms with van der Waals surface area (Å²) in [6.07, 6.45) is 1.88. The largest absolute Gasteiger partial charge is 0.293 e. The lowest BCUT2D eigenvalue weighted by atomic mass is 9.98. The number of hydrogen-bond acceptors (Lipinski definition) is 4. The molecule has 0 bridgehead atoms. The van der Waals surface area contributed by atoms with Crippen molar-refractivity contribution in [3.8, 4) is 34.4 Å². The number of pyridine rings is 1. The Morgan fingerprint density at radius 3 is 1.42 bits per heavy atom. The summed E-state index contributed by atoms with van der Waals surface area (Å²) in [6.45, 7) is 0. The van der Waals surface area contributed by atoms with E-state index in [2.05, 4.69) is 177 Å². The van der Waals surface area contributed by atoms with Gasteiger partial charge in [-0.25, -0.2) is 4.98 Å². The van der Waals surface area contributed by atoms with Gasteiger partial charge in [-0.15, -0.1) is 0 Å². The first-order valence-corrected chi connectivity index (χ1v) is 19.2. The molecular formula is C50H29N7. The number of aromatic nitrogens is 7. The Balaban J connectivity index is 1.04. The molecule has 0 saturated carbocycles. The van der Waals surface area contributed by atoms with E-state index < -0.39 is 0 Å². The Morgan fingerprint density at radius 2 is 0.825 bits per heavy atom. The van der Waals surface area contributed by atoms with Crippen LogP contribution in [0.25, 0.3) is 116 Å². The Labute approximate surface area is 324 Å². The van der Waals surface area contributed by atoms with Gasteiger partial charge >= 0.3 is 0 Å². The minimum absolute atomic E-state index is 0.565. The van der Waals surface area contributed by atoms with E-state index in [-0.39, 0.29) is 0 Å². The van der Waals surface area contributed by atoms with Crippen LogP contribution in [0.15, 0.2) is 176 Å². The molecule has 0 N–H and O–H groups in total. The highest BCUT2D eigenvalue weighted by atomic mass is 15.3. The highest BCUT2D eigenvalue weighted by molar-refractivity contribution is 6.25. The molecule has 0 amide bonds. The molecule has 13 aromatic rings. The summed E-state index contributed by atoms with van der Waals surface area (Å²) in [5, 5.41) is 9.46. The van der Waals surface area contributed by atoms with Crippen molar-refractivity contribution in [3.63, 3.8) is 0 Å². The fraction of sp³-hybridized carbons (Fsp3) is 0. The molecule has 6 heterocycles. The van der Waals surface area contributed by atoms with Gasteiger partial charge in [0.05, 0.1) is 33.1 Å². The zero-order valence-electron chi connectivity index (χ0n) is 30.4. The van der Waals surface area contributed by atoms with Gasteiger partial charge in [0.2, 0.25) is 11.9 Å². The molecule has 0 atom stereocenters. The average molecular weight is 728 g/mol. The van der Waals surface area contributed by atoms with E-state index >= 15 is 0 Å². The van der Waals surface area contributed by atoms with Crippen molar-refractivity contribution in [1.82, 2.24) is 33.5 Å². The van der Waals surface area contributed by atoms with E-state index in [9.17, 15) is 0 Å². The lowest BCUT2D eigenvalue weighted by molar-refractivity contribution is 0.893. The molecule has 0 spiro atoms. The van der Waals surface area contributed by atoms with Crippen molar-refractivity contribution in [2.75, 3.05) is 0 Å². The molecule has 0 aliphatic heterocycles. The molecule has 57 heavy (non-hydrogen) atoms. The number of para-hydroxylation sites is 5. The zero-order chi connectivity index (χ0) is 37.2. The Kier molecular flexibility index (Phi) is 6.04. The third kappa shape index (κ3) is 4.14. The third-order valence-corrected chi connectivity index (χ3v) is 11.7. The van der Waals surface area contributed by atoms with E-state index in [1.54, 1.807) is 0 Å². The van der Waals surface area contributed by atoms with Crippen LogP contribution in [0.5, 0.6) is 0 Å². The molecule has 7 heteroatoms. The second-order valence-corrected chi connectivity index (χ2v) is 14.7. The van der Waals surface area contributed by atoms with Crippen LogP contribution in [0, 0.1) is 0 Å². The quantitative estimate of drug-likeness (QED) is 0.181. The maximum absolute atomic E-state index is 5.30. The summed E-state index contributed by atoms with van der Waals surface area (Å²) < 4.78 is 6.66. The summed E-state index contributed by atoms with van der Waals surface area (Å²) >= 11 is 0. The van der Waals surface area contributed by atoms with Crippen LogP contribution >= 0.6 is 0 Å². The van der Waals surface area contributed by atoms with E-state index in [0.717, 1.165) is 65.9 Å². The van der Waals surface area contributed by atoms with Crippen molar-refractivity contribution in [2.24, 2.45) is 0 Å². The number of nitrogens with zero attached hydrogens (tertiary/aromatic N) is 7. The predicted octanol–water partition coefficient (Wildman–Crippen LogP) is 11.9. The molecule has 0 radical (unpaired) electrons. The minimum atomic E-state index is 0.565. The van der Waals surface area contributed by atoms with E-state index in [0.29, 0.717) is 17.7 Å². The van der Waals surface area contributed by atoms with Crippen molar-refractivity contribution in [1.29, 1.82) is 0 Å². The Morgan fingerprint density at radius 1 is 0.351 bits per heavy atom. The second-order valence-electron chi connectivity index (χ2n) is 14.7. The van der Waals surface area contributed by atoms with Gasteiger partial charge in [-0.2, -0.15) is 15.0 Å². The van der Waals surface area contributed by atoms with Crippen molar-refractivity contribution >= 4 is 81.8 Å². The third-order valence-electron chi connectivity index (χ3n) is 11.7. The van der Waals surface area contributed by atoms with Crippen LogP contribution in [-0.2, 0) is 0 Å². The lowest BCUT2D eigenvalue weighted by Crippen LogP contribution is -2.10. The predicted molar refractivity (Wildman–Crippen MR) is 232 cm³/mol. The first-order valence-electron chi connectivity index (χ1n) is 19.2. The summed E-state index contributed by atoms with van der Waals surface area (Å²) in [4.78, 5) is 20.7. The van der Waals surface area contributed by atoms with Crippen LogP contribution < -0.4 is 0 Å². The molecule has 7 aromatic carbocycles. The zero-order valence-corrected chi connectivity index (χ0v) is 30.4. The van der Waals surface area contributed by atoms with Gasteiger partial charge in [0.1, 0.15) is 5.65 Å². The van der Waals surface area contributed by atoms with E-state index in [4.69, 9.17) is 19.9 Å². The van der Waals surface area contributed by atoms with Gasteiger partial charge in [-0.1, -0.05) is 127 Å². The van der Waals surface area contributed by atoms with E-state index in [1.807, 2.05) is 12.3 Å². The Hall–Kier alpha value is -7.90. The molecule has 0 unspecified atom stereocenters. The second kappa shape index (κ2) is 11.3. The van der Waals surface area contributed by atoms with Crippen LogP contribution in [0.3, 0.4) is 0 Å². The van der Waals surface area contributed by atoms with Crippen molar-refractivity contribution < 1.29 is 0 Å². The number of benzene rings is 7. The molecular weight excluding hydrogens is 699 g/mol. The highest BCUT2D eigenvalue weighted by Crippen LogP contribution is 2.42. The number of fused-ring (bicyclic) bond motifs is 12. The number of hydrogen-bond donors (Lipinski definition) is 0. The fourth-order valence-corrected chi connectivity index (χ4v) is 9.34. The molecule has 0 aliphatic carbocycles. The van der Waals surface area contributed by atoms with Gasteiger partial charge in [-0.05, 0) is 53.6 Å². The first kappa shape index (κ1) is 30.4. The maximum Gasteiger partial charge on any atom is 0.240 e. The molecule has 0 aliphatic rings. The molecule has 0 saturated heterocycles. The lowest BCUT2D eigenvalue weighted by Gasteiger charge is -2.13. The molecule has 13 rings (SSSR count). The van der Waals surface area contributed by atoms with Gasteiger partial charge < -0.3 is 0 Å². The van der Waals surface area contributed by atoms with Crippen LogP contribution in [-0.4, -0.2) is 33.5 Å². The SMILES string of the molecule is c1ccc2c(c1)c1ccccc1n2-c1nc(-c2ccc(-c3cccc4c3c3cccc5c6cccnc6n4c53)cc2)nc(-n2c3ccccc3c3ccccc32)n1. The summed E-state index contributed by atoms with van der Waals surface area (Å²) in [6, 6.07) is 59.9. The van der Waals surface area contributed by atoms with Crippen LogP contribution in [0.2, 0.25) is 0 Å². The summed E-state index contributed by atoms with van der Waals surface area (Å²) in [5.74, 6) is 1.73. The minimum Gasteiger partial charge on any atom is -0.293 e. The average Bonchev–Trinajstić information content (AvgIpc) is 4.01. The van der Waals surface area contributed by atoms with Gasteiger partial charge in [-0.3, -0.25) is 13.5 Å². The molecule has 264 valence electrons. The molecule has 0 fully saturated rings. The van der Waals surface area contributed by atoms with Crippen molar-refractivity contribution in [3.05, 3.63) is 176 Å². The van der Waals surface area contributed by atoms with Crippen LogP contribution in [0.1, 0.15) is 0 Å². The summed E-state index contributed by atoms with van der Waals surface area (Å²) in [5.41, 5.74) is 10.7. The maximum atomic E-state index is 5.30. The normalized spacial score (nSPS) is 12.2. The van der Waals surface area contributed by atoms with Gasteiger partial charge in [0.25, 0.3) is 0 Å². The Bertz CT molecular complexity index is 3520. The molecule has 7 nitrogen and oxygen atoms in total. The monoisotopic (exact) mass is 727 g/mol. The molecule has 6 aromatic heterocycles. The fourth-order valence-electron chi connectivity index (χ4n) is 9.34. The van der Waals surface area contributed by atoms with Crippen LogP contribution in [0.4, 0.5) is 0 Å². The number of rotatable bonds is 4. The standard InChI is InChI=1S/C50H29N7/c1-5-20-40-33(12-1)34-13-2-6-21-41(34)55(40)49-52-47(53-50(54-49)56-42-22-7-3-14-35(42)36-15-4-8-23-43(36)56)31-27-25-30(26-28-31)32-16-10-24-44-45(32)39-18-9-17-37-38-19-11-29-51-48(38)57(44)46(37)39/h1-29H. The topological polar surface area (TPSA) is 65.8 Å². The van der Waals surface area contributed by atoms with E-state index in [1.165, 1.54) is 32.6 Å². The smallest absolute Gasteiger partial charge is 0.240 e. The summed E-state index contributed by atoms with van der Waals surface area (Å²) in [7, 11) is 0. The van der Waals surface area contributed by atoms with Crippen molar-refractivity contribution in [2.45, 2.75) is 0 Å². The van der Waals surface area contributed by atoms with Gasteiger partial charge in [0.15, 0.2) is 5.82 Å².